The zero-order valence-corrected chi connectivity index (χ0v) is 14.1. The highest BCUT2D eigenvalue weighted by atomic mass is 16.6. The third-order valence-electron chi connectivity index (χ3n) is 3.86. The van der Waals surface area contributed by atoms with E-state index in [0.29, 0.717) is 5.69 Å². The predicted octanol–water partition coefficient (Wildman–Crippen LogP) is 3.07. The minimum absolute atomic E-state index is 0.0102. The summed E-state index contributed by atoms with van der Waals surface area (Å²) in [5, 5.41) is 15.2. The van der Waals surface area contributed by atoms with E-state index in [1.807, 2.05) is 38.1 Å². The molecular weight excluding hydrogens is 322 g/mol. The summed E-state index contributed by atoms with van der Waals surface area (Å²) in [6.45, 7) is 5.40. The average Bonchev–Trinajstić information content (AvgIpc) is 2.98. The minimum Gasteiger partial charge on any atom is -0.310 e. The lowest BCUT2D eigenvalue weighted by molar-refractivity contribution is -0.383. The van der Waals surface area contributed by atoms with E-state index in [0.717, 1.165) is 11.3 Å². The molecule has 0 bridgehead atoms. The zero-order chi connectivity index (χ0) is 18.1. The highest BCUT2D eigenvalue weighted by Crippen LogP contribution is 2.28. The number of carbonyl (C=O) groups is 1. The van der Waals surface area contributed by atoms with Crippen LogP contribution >= 0.6 is 0 Å². The number of hydrogen-bond donors (Lipinski definition) is 0. The van der Waals surface area contributed by atoms with Crippen LogP contribution in [0, 0.1) is 10.1 Å². The van der Waals surface area contributed by atoms with Crippen LogP contribution in [-0.2, 0) is 4.79 Å². The molecule has 0 radical (unpaired) electrons. The fourth-order valence-corrected chi connectivity index (χ4v) is 2.89. The Kier molecular flexibility index (Phi) is 4.18. The fraction of sp³-hybridized carbons (Fsp3) is 0.235. The first kappa shape index (κ1) is 16.6. The molecule has 3 aromatic rings. The van der Waals surface area contributed by atoms with Gasteiger partial charge < -0.3 is 4.90 Å². The summed E-state index contributed by atoms with van der Waals surface area (Å²) in [6, 6.07) is 9.17. The van der Waals surface area contributed by atoms with E-state index in [1.54, 1.807) is 11.0 Å². The quantitative estimate of drug-likeness (QED) is 0.538. The summed E-state index contributed by atoms with van der Waals surface area (Å²) in [5.74, 6) is -0.0539. The van der Waals surface area contributed by atoms with E-state index in [1.165, 1.54) is 23.8 Å². The van der Waals surface area contributed by atoms with Crippen molar-refractivity contribution in [3.8, 4) is 11.3 Å². The van der Waals surface area contributed by atoms with Crippen molar-refractivity contribution in [3.63, 3.8) is 0 Å². The maximum atomic E-state index is 11.9. The Morgan fingerprint density at radius 2 is 2.08 bits per heavy atom. The molecule has 1 amide bonds. The molecule has 25 heavy (non-hydrogen) atoms. The number of rotatable bonds is 4. The van der Waals surface area contributed by atoms with Crippen LogP contribution in [0.1, 0.15) is 20.8 Å². The van der Waals surface area contributed by atoms with Crippen molar-refractivity contribution < 1.29 is 9.72 Å². The second-order valence-corrected chi connectivity index (χ2v) is 5.89. The van der Waals surface area contributed by atoms with Crippen molar-refractivity contribution in [3.05, 3.63) is 52.8 Å². The van der Waals surface area contributed by atoms with E-state index in [4.69, 9.17) is 0 Å². The molecular formula is C17H17N5O3. The van der Waals surface area contributed by atoms with Crippen LogP contribution in [0.3, 0.4) is 0 Å². The van der Waals surface area contributed by atoms with E-state index in [9.17, 15) is 14.9 Å². The van der Waals surface area contributed by atoms with Crippen molar-refractivity contribution in [1.29, 1.82) is 0 Å². The van der Waals surface area contributed by atoms with E-state index >= 15 is 0 Å². The largest absolute Gasteiger partial charge is 0.333 e. The molecule has 0 atom stereocenters. The fourth-order valence-electron chi connectivity index (χ4n) is 2.89. The van der Waals surface area contributed by atoms with Gasteiger partial charge in [0.2, 0.25) is 11.6 Å². The van der Waals surface area contributed by atoms with Crippen LogP contribution in [-0.4, -0.2) is 31.5 Å². The van der Waals surface area contributed by atoms with Crippen LogP contribution in [0.5, 0.6) is 0 Å². The van der Waals surface area contributed by atoms with Crippen LogP contribution in [0.2, 0.25) is 0 Å². The lowest BCUT2D eigenvalue weighted by Gasteiger charge is -2.26. The number of hydrogen-bond acceptors (Lipinski definition) is 5. The zero-order valence-electron chi connectivity index (χ0n) is 14.1. The molecule has 0 spiro atoms. The summed E-state index contributed by atoms with van der Waals surface area (Å²) >= 11 is 0. The van der Waals surface area contributed by atoms with Gasteiger partial charge in [-0.25, -0.2) is 9.50 Å². The van der Waals surface area contributed by atoms with Gasteiger partial charge >= 0.3 is 5.69 Å². The molecule has 8 heteroatoms. The number of benzene rings is 1. The Morgan fingerprint density at radius 1 is 1.32 bits per heavy atom. The van der Waals surface area contributed by atoms with Gasteiger partial charge in [-0.05, 0) is 32.0 Å². The summed E-state index contributed by atoms with van der Waals surface area (Å²) in [5.41, 5.74) is 2.24. The van der Waals surface area contributed by atoms with Crippen molar-refractivity contribution in [2.45, 2.75) is 26.8 Å². The topological polar surface area (TPSA) is 93.6 Å². The summed E-state index contributed by atoms with van der Waals surface area (Å²) < 4.78 is 1.44. The molecule has 0 saturated carbocycles. The number of carbonyl (C=O) groups excluding carboxylic acids is 1. The van der Waals surface area contributed by atoms with Crippen LogP contribution in [0.4, 0.5) is 11.4 Å². The lowest BCUT2D eigenvalue weighted by Crippen LogP contribution is -2.35. The van der Waals surface area contributed by atoms with Crippen molar-refractivity contribution in [2.75, 3.05) is 4.90 Å². The van der Waals surface area contributed by atoms with Gasteiger partial charge in [0.15, 0.2) is 0 Å². The molecule has 0 saturated heterocycles. The van der Waals surface area contributed by atoms with Crippen LogP contribution in [0.25, 0.3) is 16.9 Å². The molecule has 0 aliphatic carbocycles. The van der Waals surface area contributed by atoms with Crippen LogP contribution in [0.15, 0.2) is 42.7 Å². The highest BCUT2D eigenvalue weighted by Gasteiger charge is 2.19. The molecule has 0 aliphatic rings. The third-order valence-corrected chi connectivity index (χ3v) is 3.86. The second kappa shape index (κ2) is 6.31. The van der Waals surface area contributed by atoms with E-state index < -0.39 is 4.92 Å². The van der Waals surface area contributed by atoms with Gasteiger partial charge in [-0.15, -0.1) is 0 Å². The Morgan fingerprint density at radius 3 is 2.72 bits per heavy atom. The summed E-state index contributed by atoms with van der Waals surface area (Å²) in [4.78, 5) is 28.3. The SMILES string of the molecule is CC(=O)N(c1cccc(-c2ccnc3c([N+](=O)[O-])cnn23)c1)C(C)C. The van der Waals surface area contributed by atoms with E-state index in [-0.39, 0.29) is 23.3 Å². The van der Waals surface area contributed by atoms with E-state index in [2.05, 4.69) is 10.1 Å². The Balaban J connectivity index is 2.15. The Hall–Kier alpha value is -3.29. The normalized spacial score (nSPS) is 11.0. The molecule has 0 unspecified atom stereocenters. The standard InChI is InChI=1S/C17H17N5O3/c1-11(2)20(12(3)23)14-6-4-5-13(9-14)15-7-8-18-17-16(22(24)25)10-19-21(15)17/h4-11H,1-3H3. The summed E-state index contributed by atoms with van der Waals surface area (Å²) in [7, 11) is 0. The predicted molar refractivity (Wildman–Crippen MR) is 93.4 cm³/mol. The number of nitro groups is 1. The Bertz CT molecular complexity index is 964. The highest BCUT2D eigenvalue weighted by molar-refractivity contribution is 5.92. The third kappa shape index (κ3) is 2.93. The van der Waals surface area contributed by atoms with Gasteiger partial charge in [-0.1, -0.05) is 12.1 Å². The lowest BCUT2D eigenvalue weighted by atomic mass is 10.1. The molecule has 128 valence electrons. The van der Waals surface area contributed by atoms with Crippen molar-refractivity contribution in [1.82, 2.24) is 14.6 Å². The molecule has 0 aliphatic heterocycles. The number of nitrogens with zero attached hydrogens (tertiary/aromatic N) is 5. The van der Waals surface area contributed by atoms with Gasteiger partial charge in [0.05, 0.1) is 10.6 Å². The molecule has 0 fully saturated rings. The van der Waals surface area contributed by atoms with Gasteiger partial charge in [-0.2, -0.15) is 5.10 Å². The molecule has 0 N–H and O–H groups in total. The van der Waals surface area contributed by atoms with Gasteiger partial charge in [-0.3, -0.25) is 14.9 Å². The first-order valence-corrected chi connectivity index (χ1v) is 7.77. The summed E-state index contributed by atoms with van der Waals surface area (Å²) in [6.07, 6.45) is 2.70. The average molecular weight is 339 g/mol. The first-order chi connectivity index (χ1) is 11.9. The maximum Gasteiger partial charge on any atom is 0.333 e. The number of aromatic nitrogens is 3. The monoisotopic (exact) mass is 339 g/mol. The van der Waals surface area contributed by atoms with Gasteiger partial charge in [0.25, 0.3) is 0 Å². The molecule has 2 heterocycles. The number of fused-ring (bicyclic) bond motifs is 1. The molecule has 3 rings (SSSR count). The van der Waals surface area contributed by atoms with Gasteiger partial charge in [0, 0.05) is 30.4 Å². The van der Waals surface area contributed by atoms with Crippen LogP contribution < -0.4 is 4.90 Å². The Labute approximate surface area is 143 Å². The minimum atomic E-state index is -0.508. The smallest absolute Gasteiger partial charge is 0.310 e. The molecule has 1 aromatic carbocycles. The second-order valence-electron chi connectivity index (χ2n) is 5.89. The molecule has 2 aromatic heterocycles. The maximum absolute atomic E-state index is 11.9. The molecule has 8 nitrogen and oxygen atoms in total. The van der Waals surface area contributed by atoms with Crippen molar-refractivity contribution in [2.24, 2.45) is 0 Å². The number of anilines is 1. The van der Waals surface area contributed by atoms with Gasteiger partial charge in [0.1, 0.15) is 6.20 Å². The first-order valence-electron chi connectivity index (χ1n) is 7.77. The number of amides is 1. The van der Waals surface area contributed by atoms with Crippen molar-refractivity contribution >= 4 is 22.9 Å².